The van der Waals surface area contributed by atoms with Gasteiger partial charge in [-0.1, -0.05) is 0 Å². The number of aliphatic hydroxyl groups excluding tert-OH is 1. The van der Waals surface area contributed by atoms with Crippen LogP contribution < -0.4 is 0 Å². The van der Waals surface area contributed by atoms with Crippen molar-refractivity contribution in [3.8, 4) is 0 Å². The lowest BCUT2D eigenvalue weighted by molar-refractivity contribution is -0.217. The lowest BCUT2D eigenvalue weighted by Crippen LogP contribution is -2.45. The molecule has 0 aromatic rings. The van der Waals surface area contributed by atoms with Gasteiger partial charge in [0.15, 0.2) is 6.29 Å². The van der Waals surface area contributed by atoms with Gasteiger partial charge in [0, 0.05) is 25.7 Å². The second kappa shape index (κ2) is 7.20. The number of carbonyl (C=O) groups is 3. The molecule has 1 heterocycles. The summed E-state index contributed by atoms with van der Waals surface area (Å²) in [5.41, 5.74) is 0. The minimum Gasteiger partial charge on any atom is -0.481 e. The summed E-state index contributed by atoms with van der Waals surface area (Å²) in [4.78, 5) is 32.5. The highest BCUT2D eigenvalue weighted by Gasteiger charge is 2.40. The molecule has 4 atom stereocenters. The minimum atomic E-state index is -1.19. The van der Waals surface area contributed by atoms with E-state index in [-0.39, 0.29) is 25.9 Å². The molecular formula is C12H18O8. The fourth-order valence-corrected chi connectivity index (χ4v) is 2.42. The summed E-state index contributed by atoms with van der Waals surface area (Å²) >= 11 is 0. The molecule has 0 aliphatic carbocycles. The van der Waals surface area contributed by atoms with Crippen LogP contribution in [-0.4, -0.2) is 52.2 Å². The summed E-state index contributed by atoms with van der Waals surface area (Å²) in [6.07, 6.45) is -2.56. The van der Waals surface area contributed by atoms with Crippen molar-refractivity contribution in [1.29, 1.82) is 0 Å². The number of rotatable bonds is 6. The largest absolute Gasteiger partial charge is 0.481 e. The molecule has 20 heavy (non-hydrogen) atoms. The first-order valence-electron chi connectivity index (χ1n) is 6.20. The van der Waals surface area contributed by atoms with Crippen LogP contribution in [0.4, 0.5) is 0 Å². The maximum atomic E-state index is 10.9. The molecular weight excluding hydrogens is 272 g/mol. The van der Waals surface area contributed by atoms with Gasteiger partial charge in [0.05, 0.1) is 12.5 Å². The number of hydrogen-bond acceptors (Lipinski definition) is 6. The molecule has 1 aliphatic rings. The maximum absolute atomic E-state index is 10.9. The van der Waals surface area contributed by atoms with Crippen LogP contribution in [0.5, 0.6) is 0 Å². The molecule has 8 nitrogen and oxygen atoms in total. The standard InChI is InChI=1S/C12H18O8/c1-6(13)19-5-9-8(4-11(16)17)7(2-10(14)15)3-12(18)20-9/h7-9,12,18H,2-5H2,1H3,(H,14,15)(H,16,17)/t7-,8-,9-,12?/m0/s1. The Balaban J connectivity index is 2.82. The van der Waals surface area contributed by atoms with Crippen LogP contribution in [0, 0.1) is 11.8 Å². The van der Waals surface area contributed by atoms with Gasteiger partial charge in [0.1, 0.15) is 6.61 Å². The molecule has 1 aliphatic heterocycles. The third-order valence-electron chi connectivity index (χ3n) is 3.22. The Morgan fingerprint density at radius 3 is 2.30 bits per heavy atom. The molecule has 1 fully saturated rings. The number of ether oxygens (including phenoxy) is 2. The number of carbonyl (C=O) groups excluding carboxylic acids is 1. The topological polar surface area (TPSA) is 130 Å². The molecule has 0 radical (unpaired) electrons. The second-order valence-electron chi connectivity index (χ2n) is 4.79. The molecule has 8 heteroatoms. The van der Waals surface area contributed by atoms with Crippen LogP contribution in [0.3, 0.4) is 0 Å². The average molecular weight is 290 g/mol. The van der Waals surface area contributed by atoms with Gasteiger partial charge in [-0.3, -0.25) is 14.4 Å². The quantitative estimate of drug-likeness (QED) is 0.575. The molecule has 1 rings (SSSR count). The van der Waals surface area contributed by atoms with Crippen molar-refractivity contribution >= 4 is 17.9 Å². The van der Waals surface area contributed by atoms with Gasteiger partial charge in [-0.25, -0.2) is 0 Å². The molecule has 0 amide bonds. The lowest BCUT2D eigenvalue weighted by Gasteiger charge is -2.39. The molecule has 0 spiro atoms. The monoisotopic (exact) mass is 290 g/mol. The molecule has 1 saturated heterocycles. The molecule has 0 saturated carbocycles. The Bertz CT molecular complexity index is 380. The lowest BCUT2D eigenvalue weighted by atomic mass is 9.79. The highest BCUT2D eigenvalue weighted by Crippen LogP contribution is 2.35. The van der Waals surface area contributed by atoms with E-state index in [1.165, 1.54) is 6.92 Å². The van der Waals surface area contributed by atoms with Crippen LogP contribution in [-0.2, 0) is 23.9 Å². The van der Waals surface area contributed by atoms with Crippen LogP contribution in [0.15, 0.2) is 0 Å². The smallest absolute Gasteiger partial charge is 0.303 e. The molecule has 1 unspecified atom stereocenters. The second-order valence-corrected chi connectivity index (χ2v) is 4.79. The Morgan fingerprint density at radius 2 is 1.80 bits per heavy atom. The average Bonchev–Trinajstić information content (AvgIpc) is 2.28. The van der Waals surface area contributed by atoms with Gasteiger partial charge in [0.25, 0.3) is 0 Å². The van der Waals surface area contributed by atoms with Crippen LogP contribution >= 0.6 is 0 Å². The minimum absolute atomic E-state index is 0.0425. The fraction of sp³-hybridized carbons (Fsp3) is 0.750. The maximum Gasteiger partial charge on any atom is 0.303 e. The van der Waals surface area contributed by atoms with Crippen molar-refractivity contribution in [2.45, 2.75) is 38.6 Å². The zero-order valence-electron chi connectivity index (χ0n) is 11.0. The molecule has 3 N–H and O–H groups in total. The Kier molecular flexibility index (Phi) is 5.90. The molecule has 114 valence electrons. The van der Waals surface area contributed by atoms with Gasteiger partial charge in [-0.05, 0) is 5.92 Å². The van der Waals surface area contributed by atoms with Gasteiger partial charge in [-0.15, -0.1) is 0 Å². The summed E-state index contributed by atoms with van der Waals surface area (Å²) in [5, 5.41) is 27.3. The van der Waals surface area contributed by atoms with Crippen molar-refractivity contribution < 1.29 is 39.2 Å². The number of carboxylic acids is 2. The van der Waals surface area contributed by atoms with E-state index in [9.17, 15) is 19.5 Å². The number of aliphatic carboxylic acids is 2. The highest BCUT2D eigenvalue weighted by atomic mass is 16.6. The SMILES string of the molecule is CC(=O)OC[C@@H]1OC(O)C[C@H](CC(=O)O)[C@@H]1CC(=O)O. The summed E-state index contributed by atoms with van der Waals surface area (Å²) in [5.74, 6) is -3.92. The first-order valence-corrected chi connectivity index (χ1v) is 6.20. The zero-order valence-corrected chi connectivity index (χ0v) is 11.0. The molecule has 0 aromatic heterocycles. The summed E-state index contributed by atoms with van der Waals surface area (Å²) in [7, 11) is 0. The van der Waals surface area contributed by atoms with Gasteiger partial charge >= 0.3 is 17.9 Å². The molecule has 0 bridgehead atoms. The van der Waals surface area contributed by atoms with Crippen LogP contribution in [0.2, 0.25) is 0 Å². The number of carboxylic acid groups (broad SMARTS) is 2. The van der Waals surface area contributed by atoms with Gasteiger partial charge in [0.2, 0.25) is 0 Å². The van der Waals surface area contributed by atoms with Crippen molar-refractivity contribution in [2.24, 2.45) is 11.8 Å². The summed E-state index contributed by atoms with van der Waals surface area (Å²) in [6, 6.07) is 0. The first-order chi connectivity index (χ1) is 9.29. The van der Waals surface area contributed by atoms with E-state index >= 15 is 0 Å². The third kappa shape index (κ3) is 5.14. The van der Waals surface area contributed by atoms with Crippen LogP contribution in [0.25, 0.3) is 0 Å². The van der Waals surface area contributed by atoms with E-state index in [1.54, 1.807) is 0 Å². The van der Waals surface area contributed by atoms with Crippen LogP contribution in [0.1, 0.15) is 26.2 Å². The van der Waals surface area contributed by atoms with E-state index in [0.29, 0.717) is 0 Å². The summed E-state index contributed by atoms with van der Waals surface area (Å²) in [6.45, 7) is 0.987. The van der Waals surface area contributed by atoms with Gasteiger partial charge < -0.3 is 24.8 Å². The number of aliphatic hydroxyl groups is 1. The predicted molar refractivity (Wildman–Crippen MR) is 63.6 cm³/mol. The number of hydrogen-bond donors (Lipinski definition) is 3. The Morgan fingerprint density at radius 1 is 1.20 bits per heavy atom. The van der Waals surface area contributed by atoms with E-state index < -0.39 is 42.1 Å². The van der Waals surface area contributed by atoms with Crippen molar-refractivity contribution in [1.82, 2.24) is 0 Å². The first kappa shape index (κ1) is 16.4. The van der Waals surface area contributed by atoms with Gasteiger partial charge in [-0.2, -0.15) is 0 Å². The Hall–Kier alpha value is -1.67. The normalized spacial score (nSPS) is 29.7. The summed E-state index contributed by atoms with van der Waals surface area (Å²) < 4.78 is 9.96. The zero-order chi connectivity index (χ0) is 15.3. The highest BCUT2D eigenvalue weighted by molar-refractivity contribution is 5.69. The van der Waals surface area contributed by atoms with Crippen molar-refractivity contribution in [2.75, 3.05) is 6.61 Å². The van der Waals surface area contributed by atoms with E-state index in [2.05, 4.69) is 0 Å². The molecule has 0 aromatic carbocycles. The fourth-order valence-electron chi connectivity index (χ4n) is 2.42. The van der Waals surface area contributed by atoms with E-state index in [0.717, 1.165) is 0 Å². The number of esters is 1. The third-order valence-corrected chi connectivity index (χ3v) is 3.22. The van der Waals surface area contributed by atoms with E-state index in [4.69, 9.17) is 19.7 Å². The van der Waals surface area contributed by atoms with E-state index in [1.807, 2.05) is 0 Å². The van der Waals surface area contributed by atoms with Crippen molar-refractivity contribution in [3.63, 3.8) is 0 Å². The Labute approximate surface area is 115 Å². The van der Waals surface area contributed by atoms with Crippen molar-refractivity contribution in [3.05, 3.63) is 0 Å². The predicted octanol–water partition coefficient (Wildman–Crippen LogP) is -0.161.